The molecule has 0 unspecified atom stereocenters. The van der Waals surface area contributed by atoms with Gasteiger partial charge in [-0.05, 0) is 31.0 Å². The Morgan fingerprint density at radius 3 is 2.58 bits per heavy atom. The maximum absolute atomic E-state index is 10.4. The van der Waals surface area contributed by atoms with E-state index in [0.717, 1.165) is 42.7 Å². The van der Waals surface area contributed by atoms with Gasteiger partial charge in [-0.1, -0.05) is 26.7 Å². The average molecular weight is 264 g/mol. The van der Waals surface area contributed by atoms with Crippen molar-refractivity contribution in [3.8, 4) is 11.5 Å². The van der Waals surface area contributed by atoms with Gasteiger partial charge in [0.2, 0.25) is 0 Å². The summed E-state index contributed by atoms with van der Waals surface area (Å²) in [4.78, 5) is 0. The molecule has 0 aliphatic carbocycles. The van der Waals surface area contributed by atoms with E-state index in [0.29, 0.717) is 6.42 Å². The molecule has 1 aromatic carbocycles. The van der Waals surface area contributed by atoms with Gasteiger partial charge in [0.1, 0.15) is 17.1 Å². The summed E-state index contributed by atoms with van der Waals surface area (Å²) in [6.07, 6.45) is 4.33. The van der Waals surface area contributed by atoms with Crippen LogP contribution in [0.3, 0.4) is 0 Å². The van der Waals surface area contributed by atoms with E-state index in [1.54, 1.807) is 7.11 Å². The first-order chi connectivity index (χ1) is 9.14. The number of hydrogen-bond acceptors (Lipinski definition) is 3. The van der Waals surface area contributed by atoms with Crippen molar-refractivity contribution in [3.05, 3.63) is 23.8 Å². The second-order valence-electron chi connectivity index (χ2n) is 5.41. The standard InChI is InChI=1S/C16H24O3/c1-4-8-16(9-5-2)11-14(17)13-10-12(18-3)6-7-15(13)19-16/h6-7,10,14,17H,4-5,8-9,11H2,1-3H3/t14-/m0/s1. The molecule has 1 N–H and O–H groups in total. The van der Waals surface area contributed by atoms with Gasteiger partial charge in [-0.25, -0.2) is 0 Å². The maximum atomic E-state index is 10.4. The highest BCUT2D eigenvalue weighted by atomic mass is 16.5. The Balaban J connectivity index is 2.32. The van der Waals surface area contributed by atoms with Crippen LogP contribution in [0.2, 0.25) is 0 Å². The van der Waals surface area contributed by atoms with E-state index in [2.05, 4.69) is 13.8 Å². The summed E-state index contributed by atoms with van der Waals surface area (Å²) in [5, 5.41) is 10.4. The fraction of sp³-hybridized carbons (Fsp3) is 0.625. The van der Waals surface area contributed by atoms with Crippen LogP contribution in [0.5, 0.6) is 11.5 Å². The molecule has 0 aromatic heterocycles. The van der Waals surface area contributed by atoms with Crippen LogP contribution in [0.4, 0.5) is 0 Å². The van der Waals surface area contributed by atoms with Crippen molar-refractivity contribution in [2.24, 2.45) is 0 Å². The molecule has 0 radical (unpaired) electrons. The Bertz CT molecular complexity index is 422. The first-order valence-electron chi connectivity index (χ1n) is 7.19. The lowest BCUT2D eigenvalue weighted by Crippen LogP contribution is -2.41. The summed E-state index contributed by atoms with van der Waals surface area (Å²) in [5.74, 6) is 1.57. The largest absolute Gasteiger partial charge is 0.497 e. The van der Waals surface area contributed by atoms with Crippen LogP contribution < -0.4 is 9.47 Å². The molecule has 3 heteroatoms. The number of ether oxygens (including phenoxy) is 2. The lowest BCUT2D eigenvalue weighted by atomic mass is 9.82. The van der Waals surface area contributed by atoms with Gasteiger partial charge >= 0.3 is 0 Å². The molecule has 0 amide bonds. The van der Waals surface area contributed by atoms with Crippen LogP contribution in [0, 0.1) is 0 Å². The summed E-state index contributed by atoms with van der Waals surface area (Å²) in [6, 6.07) is 5.68. The number of benzene rings is 1. The Morgan fingerprint density at radius 2 is 2.00 bits per heavy atom. The number of aliphatic hydroxyl groups is 1. The van der Waals surface area contributed by atoms with Gasteiger partial charge in [0, 0.05) is 12.0 Å². The summed E-state index contributed by atoms with van der Waals surface area (Å²) in [5.41, 5.74) is 0.645. The molecule has 1 atom stereocenters. The Labute approximate surface area is 115 Å². The Morgan fingerprint density at radius 1 is 1.32 bits per heavy atom. The SMILES string of the molecule is CCCC1(CCC)C[C@H](O)c2cc(OC)ccc2O1. The van der Waals surface area contributed by atoms with E-state index in [1.807, 2.05) is 18.2 Å². The number of methoxy groups -OCH3 is 1. The molecule has 2 rings (SSSR count). The molecule has 3 nitrogen and oxygen atoms in total. The van der Waals surface area contributed by atoms with Crippen molar-refractivity contribution in [1.82, 2.24) is 0 Å². The van der Waals surface area contributed by atoms with Crippen LogP contribution >= 0.6 is 0 Å². The predicted octanol–water partition coefficient (Wildman–Crippen LogP) is 3.85. The fourth-order valence-corrected chi connectivity index (χ4v) is 3.09. The minimum absolute atomic E-state index is 0.204. The fourth-order valence-electron chi connectivity index (χ4n) is 3.09. The first kappa shape index (κ1) is 14.2. The van der Waals surface area contributed by atoms with Gasteiger partial charge in [0.05, 0.1) is 13.2 Å². The second-order valence-corrected chi connectivity index (χ2v) is 5.41. The van der Waals surface area contributed by atoms with Crippen LogP contribution in [0.1, 0.15) is 57.6 Å². The van der Waals surface area contributed by atoms with Gasteiger partial charge in [-0.2, -0.15) is 0 Å². The highest BCUT2D eigenvalue weighted by molar-refractivity contribution is 5.43. The second kappa shape index (κ2) is 5.83. The topological polar surface area (TPSA) is 38.7 Å². The van der Waals surface area contributed by atoms with Crippen LogP contribution in [0.25, 0.3) is 0 Å². The molecule has 1 heterocycles. The minimum Gasteiger partial charge on any atom is -0.497 e. The highest BCUT2D eigenvalue weighted by Gasteiger charge is 2.39. The molecule has 0 saturated heterocycles. The van der Waals surface area contributed by atoms with E-state index >= 15 is 0 Å². The zero-order valence-corrected chi connectivity index (χ0v) is 12.1. The Kier molecular flexibility index (Phi) is 4.35. The van der Waals surface area contributed by atoms with Gasteiger partial charge < -0.3 is 14.6 Å². The number of rotatable bonds is 5. The molecule has 1 aromatic rings. The summed E-state index contributed by atoms with van der Waals surface area (Å²) >= 11 is 0. The van der Waals surface area contributed by atoms with Crippen molar-refractivity contribution in [1.29, 1.82) is 0 Å². The monoisotopic (exact) mass is 264 g/mol. The van der Waals surface area contributed by atoms with Crippen molar-refractivity contribution in [2.45, 2.75) is 57.7 Å². The zero-order chi connectivity index (χ0) is 13.9. The molecular weight excluding hydrogens is 240 g/mol. The van der Waals surface area contributed by atoms with Crippen molar-refractivity contribution < 1.29 is 14.6 Å². The molecule has 106 valence electrons. The molecule has 1 aliphatic heterocycles. The normalized spacial score (nSPS) is 20.5. The van der Waals surface area contributed by atoms with E-state index in [9.17, 15) is 5.11 Å². The van der Waals surface area contributed by atoms with Crippen LogP contribution in [-0.4, -0.2) is 17.8 Å². The van der Waals surface area contributed by atoms with Crippen molar-refractivity contribution in [3.63, 3.8) is 0 Å². The van der Waals surface area contributed by atoms with Gasteiger partial charge in [0.25, 0.3) is 0 Å². The van der Waals surface area contributed by atoms with E-state index in [1.165, 1.54) is 0 Å². The quantitative estimate of drug-likeness (QED) is 0.878. The molecule has 0 saturated carbocycles. The molecular formula is C16H24O3. The molecule has 0 fully saturated rings. The third kappa shape index (κ3) is 2.86. The minimum atomic E-state index is -0.461. The first-order valence-corrected chi connectivity index (χ1v) is 7.19. The number of hydrogen-bond donors (Lipinski definition) is 1. The zero-order valence-electron chi connectivity index (χ0n) is 12.1. The third-order valence-electron chi connectivity index (χ3n) is 3.88. The predicted molar refractivity (Wildman–Crippen MR) is 75.7 cm³/mol. The Hall–Kier alpha value is -1.22. The van der Waals surface area contributed by atoms with Crippen molar-refractivity contribution >= 4 is 0 Å². The molecule has 0 spiro atoms. The number of aliphatic hydroxyl groups excluding tert-OH is 1. The van der Waals surface area contributed by atoms with Crippen molar-refractivity contribution in [2.75, 3.05) is 7.11 Å². The van der Waals surface area contributed by atoms with Gasteiger partial charge in [0.15, 0.2) is 0 Å². The third-order valence-corrected chi connectivity index (χ3v) is 3.88. The van der Waals surface area contributed by atoms with E-state index < -0.39 is 6.10 Å². The van der Waals surface area contributed by atoms with Gasteiger partial charge in [-0.15, -0.1) is 0 Å². The summed E-state index contributed by atoms with van der Waals surface area (Å²) < 4.78 is 11.5. The highest BCUT2D eigenvalue weighted by Crippen LogP contribution is 2.44. The number of fused-ring (bicyclic) bond motifs is 1. The van der Waals surface area contributed by atoms with Gasteiger partial charge in [-0.3, -0.25) is 0 Å². The lowest BCUT2D eigenvalue weighted by molar-refractivity contribution is -0.0269. The van der Waals surface area contributed by atoms with E-state index in [-0.39, 0.29) is 5.60 Å². The molecule has 1 aliphatic rings. The summed E-state index contributed by atoms with van der Waals surface area (Å²) in [6.45, 7) is 4.33. The maximum Gasteiger partial charge on any atom is 0.126 e. The van der Waals surface area contributed by atoms with E-state index in [4.69, 9.17) is 9.47 Å². The average Bonchev–Trinajstić information content (AvgIpc) is 2.39. The smallest absolute Gasteiger partial charge is 0.126 e. The summed E-state index contributed by atoms with van der Waals surface area (Å²) in [7, 11) is 1.64. The van der Waals surface area contributed by atoms with Crippen LogP contribution in [0.15, 0.2) is 18.2 Å². The molecule has 19 heavy (non-hydrogen) atoms. The lowest BCUT2D eigenvalue weighted by Gasteiger charge is -2.41. The van der Waals surface area contributed by atoms with Crippen LogP contribution in [-0.2, 0) is 0 Å². The molecule has 0 bridgehead atoms.